The second kappa shape index (κ2) is 12.2. The minimum Gasteiger partial charge on any atom is -0.497 e. The Hall–Kier alpha value is -3.21. The van der Waals surface area contributed by atoms with Crippen LogP contribution in [0.25, 0.3) is 0 Å². The van der Waals surface area contributed by atoms with Crippen molar-refractivity contribution < 1.29 is 23.8 Å². The summed E-state index contributed by atoms with van der Waals surface area (Å²) in [6.45, 7) is 3.96. The van der Waals surface area contributed by atoms with Crippen LogP contribution in [0.15, 0.2) is 47.7 Å². The van der Waals surface area contributed by atoms with Crippen LogP contribution in [-0.2, 0) is 26.1 Å². The highest BCUT2D eigenvalue weighted by atomic mass is 16.5. The van der Waals surface area contributed by atoms with E-state index in [0.29, 0.717) is 32.7 Å². The molecule has 2 aliphatic heterocycles. The molecule has 1 aromatic carbocycles. The molecule has 1 fully saturated rings. The van der Waals surface area contributed by atoms with Crippen molar-refractivity contribution in [2.45, 2.75) is 12.5 Å². The topological polar surface area (TPSA) is 88.8 Å². The van der Waals surface area contributed by atoms with Gasteiger partial charge in [0.15, 0.2) is 0 Å². The lowest BCUT2D eigenvalue weighted by Crippen LogP contribution is -2.47. The molecule has 2 aliphatic rings. The molecular weight excluding hydrogens is 462 g/mol. The van der Waals surface area contributed by atoms with Gasteiger partial charge < -0.3 is 23.7 Å². The third kappa shape index (κ3) is 6.13. The number of nitrogens with zero attached hydrogens (tertiary/aromatic N) is 5. The lowest BCUT2D eigenvalue weighted by atomic mass is 10.0. The lowest BCUT2D eigenvalue weighted by Gasteiger charge is -2.31. The lowest BCUT2D eigenvalue weighted by molar-refractivity contribution is -0.143. The van der Waals surface area contributed by atoms with E-state index in [2.05, 4.69) is 4.90 Å². The normalized spacial score (nSPS) is 18.2. The Morgan fingerprint density at radius 1 is 1.14 bits per heavy atom. The smallest absolute Gasteiger partial charge is 0.262 e. The largest absolute Gasteiger partial charge is 0.497 e. The molecule has 194 valence electrons. The van der Waals surface area contributed by atoms with Gasteiger partial charge in [0.1, 0.15) is 18.9 Å². The van der Waals surface area contributed by atoms with Gasteiger partial charge in [0.25, 0.3) is 5.91 Å². The van der Waals surface area contributed by atoms with Crippen LogP contribution >= 0.6 is 0 Å². The van der Waals surface area contributed by atoms with Crippen LogP contribution in [0.1, 0.15) is 23.7 Å². The quantitative estimate of drug-likeness (QED) is 0.495. The van der Waals surface area contributed by atoms with E-state index < -0.39 is 0 Å². The predicted octanol–water partition coefficient (Wildman–Crippen LogP) is 1.52. The molecule has 10 heteroatoms. The molecule has 2 aromatic rings. The number of rotatable bonds is 10. The Labute approximate surface area is 212 Å². The molecule has 3 heterocycles. The molecule has 0 N–H and O–H groups in total. The first-order chi connectivity index (χ1) is 17.5. The van der Waals surface area contributed by atoms with Crippen molar-refractivity contribution in [2.75, 3.05) is 66.8 Å². The van der Waals surface area contributed by atoms with Crippen LogP contribution in [0.5, 0.6) is 5.75 Å². The summed E-state index contributed by atoms with van der Waals surface area (Å²) in [4.78, 5) is 30.3. The van der Waals surface area contributed by atoms with Crippen molar-refractivity contribution in [1.82, 2.24) is 19.4 Å². The van der Waals surface area contributed by atoms with E-state index in [1.807, 2.05) is 54.2 Å². The maximum absolute atomic E-state index is 13.6. The minimum absolute atomic E-state index is 0.0664. The van der Waals surface area contributed by atoms with E-state index in [9.17, 15) is 9.59 Å². The second-order valence-corrected chi connectivity index (χ2v) is 8.98. The molecule has 1 atom stereocenters. The number of hydrazone groups is 1. The molecule has 0 saturated carbocycles. The number of amides is 2. The Morgan fingerprint density at radius 2 is 1.89 bits per heavy atom. The van der Waals surface area contributed by atoms with Crippen LogP contribution in [-0.4, -0.2) is 104 Å². The highest BCUT2D eigenvalue weighted by molar-refractivity contribution is 6.02. The van der Waals surface area contributed by atoms with Gasteiger partial charge in [-0.2, -0.15) is 5.10 Å². The molecular formula is C26H35N5O5. The summed E-state index contributed by atoms with van der Waals surface area (Å²) in [6, 6.07) is 11.4. The Bertz CT molecular complexity index is 1060. The van der Waals surface area contributed by atoms with Crippen molar-refractivity contribution in [1.29, 1.82) is 0 Å². The zero-order valence-electron chi connectivity index (χ0n) is 21.3. The van der Waals surface area contributed by atoms with Gasteiger partial charge in [-0.25, -0.2) is 5.01 Å². The molecule has 4 rings (SSSR count). The van der Waals surface area contributed by atoms with Gasteiger partial charge in [-0.05, 0) is 29.8 Å². The number of morpholine rings is 1. The van der Waals surface area contributed by atoms with E-state index in [1.54, 1.807) is 12.0 Å². The van der Waals surface area contributed by atoms with Crippen molar-refractivity contribution in [3.8, 4) is 5.75 Å². The first-order valence-corrected chi connectivity index (χ1v) is 12.2. The van der Waals surface area contributed by atoms with Crippen LogP contribution in [0.4, 0.5) is 0 Å². The van der Waals surface area contributed by atoms with Gasteiger partial charge in [-0.15, -0.1) is 0 Å². The fourth-order valence-corrected chi connectivity index (χ4v) is 4.57. The standard InChI is InChI=1S/C26H35N5O5/c1-28-10-4-5-23(28)22-17-24(20-6-8-21(35-3)9-7-20)31(27-22)25(32)18-30(26(33)19-34-2)12-11-29-13-15-36-16-14-29/h4-10,24H,11-19H2,1-3H3. The first kappa shape index (κ1) is 25.9. The number of hydrogen-bond acceptors (Lipinski definition) is 7. The molecule has 0 aliphatic carbocycles. The van der Waals surface area contributed by atoms with Gasteiger partial charge in [-0.3, -0.25) is 14.5 Å². The van der Waals surface area contributed by atoms with Gasteiger partial charge >= 0.3 is 0 Å². The number of methoxy groups -OCH3 is 2. The number of carbonyl (C=O) groups excluding carboxylic acids is 2. The summed E-state index contributed by atoms with van der Waals surface area (Å²) < 4.78 is 17.8. The van der Waals surface area contributed by atoms with Crippen LogP contribution < -0.4 is 4.74 Å². The average Bonchev–Trinajstić information content (AvgIpc) is 3.53. The fraction of sp³-hybridized carbons (Fsp3) is 0.500. The van der Waals surface area contributed by atoms with E-state index >= 15 is 0 Å². The van der Waals surface area contributed by atoms with Crippen molar-refractivity contribution in [3.05, 3.63) is 53.9 Å². The zero-order valence-corrected chi connectivity index (χ0v) is 21.3. The number of aromatic nitrogens is 1. The molecule has 1 saturated heterocycles. The maximum atomic E-state index is 13.6. The van der Waals surface area contributed by atoms with Crippen molar-refractivity contribution in [2.24, 2.45) is 12.1 Å². The summed E-state index contributed by atoms with van der Waals surface area (Å²) in [6.07, 6.45) is 2.54. The molecule has 1 aromatic heterocycles. The summed E-state index contributed by atoms with van der Waals surface area (Å²) in [7, 11) is 5.07. The number of hydrogen-bond donors (Lipinski definition) is 0. The SMILES string of the molecule is COCC(=O)N(CCN1CCOCC1)CC(=O)N1N=C(c2cccn2C)CC1c1ccc(OC)cc1. The second-order valence-electron chi connectivity index (χ2n) is 8.98. The third-order valence-corrected chi connectivity index (χ3v) is 6.64. The van der Waals surface area contributed by atoms with Gasteiger partial charge in [0, 0.05) is 53.0 Å². The van der Waals surface area contributed by atoms with Gasteiger partial charge in [-0.1, -0.05) is 12.1 Å². The number of carbonyl (C=O) groups is 2. The first-order valence-electron chi connectivity index (χ1n) is 12.2. The highest BCUT2D eigenvalue weighted by Gasteiger charge is 2.35. The van der Waals surface area contributed by atoms with E-state index in [4.69, 9.17) is 19.3 Å². The Kier molecular flexibility index (Phi) is 8.74. The molecule has 36 heavy (non-hydrogen) atoms. The summed E-state index contributed by atoms with van der Waals surface area (Å²) in [5, 5.41) is 6.29. The molecule has 0 radical (unpaired) electrons. The number of ether oxygens (including phenoxy) is 3. The fourth-order valence-electron chi connectivity index (χ4n) is 4.57. The highest BCUT2D eigenvalue weighted by Crippen LogP contribution is 2.33. The molecule has 0 spiro atoms. The monoisotopic (exact) mass is 497 g/mol. The predicted molar refractivity (Wildman–Crippen MR) is 135 cm³/mol. The average molecular weight is 498 g/mol. The summed E-state index contributed by atoms with van der Waals surface area (Å²) in [5.74, 6) is 0.301. The van der Waals surface area contributed by atoms with E-state index in [1.165, 1.54) is 12.1 Å². The maximum Gasteiger partial charge on any atom is 0.262 e. The van der Waals surface area contributed by atoms with Gasteiger partial charge in [0.05, 0.1) is 37.8 Å². The van der Waals surface area contributed by atoms with Crippen LogP contribution in [0, 0.1) is 0 Å². The molecule has 2 amide bonds. The van der Waals surface area contributed by atoms with Crippen LogP contribution in [0.2, 0.25) is 0 Å². The Morgan fingerprint density at radius 3 is 2.53 bits per heavy atom. The molecule has 1 unspecified atom stereocenters. The Balaban J connectivity index is 1.54. The van der Waals surface area contributed by atoms with Crippen LogP contribution in [0.3, 0.4) is 0 Å². The summed E-state index contributed by atoms with van der Waals surface area (Å²) in [5.41, 5.74) is 2.75. The van der Waals surface area contributed by atoms with Gasteiger partial charge in [0.2, 0.25) is 5.91 Å². The zero-order chi connectivity index (χ0) is 25.5. The molecule has 0 bridgehead atoms. The van der Waals surface area contributed by atoms with Crippen molar-refractivity contribution in [3.63, 3.8) is 0 Å². The third-order valence-electron chi connectivity index (χ3n) is 6.64. The van der Waals surface area contributed by atoms with E-state index in [0.717, 1.165) is 35.8 Å². The van der Waals surface area contributed by atoms with Crippen molar-refractivity contribution >= 4 is 17.5 Å². The summed E-state index contributed by atoms with van der Waals surface area (Å²) >= 11 is 0. The number of aryl methyl sites for hydroxylation is 1. The number of benzene rings is 1. The van der Waals surface area contributed by atoms with E-state index in [-0.39, 0.29) is 31.0 Å². The minimum atomic E-state index is -0.271. The molecule has 10 nitrogen and oxygen atoms in total.